The Bertz CT molecular complexity index is 592. The summed E-state index contributed by atoms with van der Waals surface area (Å²) < 4.78 is 13.5. The summed E-state index contributed by atoms with van der Waals surface area (Å²) in [6.07, 6.45) is 2.87. The number of halogens is 1. The standard InChI is InChI=1S/C17H17FS/c18-16-6-5-12-9-13-3-1-2-4-17(13)14(7-8-19)10-15(12)11-16/h1-6,11,14,19H,7-10H2/t14-/m0/s1. The van der Waals surface area contributed by atoms with Crippen molar-refractivity contribution in [3.05, 3.63) is 70.5 Å². The third kappa shape index (κ3) is 2.55. The van der Waals surface area contributed by atoms with E-state index in [9.17, 15) is 4.39 Å². The van der Waals surface area contributed by atoms with E-state index in [0.717, 1.165) is 30.6 Å². The van der Waals surface area contributed by atoms with Gasteiger partial charge in [0.15, 0.2) is 0 Å². The van der Waals surface area contributed by atoms with Gasteiger partial charge in [-0.2, -0.15) is 12.6 Å². The van der Waals surface area contributed by atoms with Gasteiger partial charge in [0.05, 0.1) is 0 Å². The Kier molecular flexibility index (Phi) is 3.61. The molecule has 0 saturated carbocycles. The zero-order valence-electron chi connectivity index (χ0n) is 10.8. The van der Waals surface area contributed by atoms with Gasteiger partial charge in [0.25, 0.3) is 0 Å². The maximum Gasteiger partial charge on any atom is 0.123 e. The van der Waals surface area contributed by atoms with Crippen molar-refractivity contribution >= 4 is 12.6 Å². The lowest BCUT2D eigenvalue weighted by molar-refractivity contribution is 0.618. The van der Waals surface area contributed by atoms with Crippen LogP contribution in [0.15, 0.2) is 42.5 Å². The molecular weight excluding hydrogens is 255 g/mol. The van der Waals surface area contributed by atoms with Gasteiger partial charge in [-0.05, 0) is 65.3 Å². The van der Waals surface area contributed by atoms with E-state index < -0.39 is 0 Å². The average molecular weight is 272 g/mol. The van der Waals surface area contributed by atoms with Crippen molar-refractivity contribution in [1.29, 1.82) is 0 Å². The maximum atomic E-state index is 13.5. The zero-order valence-corrected chi connectivity index (χ0v) is 11.7. The van der Waals surface area contributed by atoms with Gasteiger partial charge in [0.2, 0.25) is 0 Å². The molecule has 0 saturated heterocycles. The van der Waals surface area contributed by atoms with E-state index in [1.807, 2.05) is 6.07 Å². The molecule has 0 unspecified atom stereocenters. The van der Waals surface area contributed by atoms with Crippen LogP contribution in [-0.4, -0.2) is 5.75 Å². The molecule has 3 rings (SSSR count). The quantitative estimate of drug-likeness (QED) is 0.771. The molecule has 1 aliphatic carbocycles. The number of rotatable bonds is 2. The first kappa shape index (κ1) is 12.7. The Labute approximate surface area is 119 Å². The predicted molar refractivity (Wildman–Crippen MR) is 80.6 cm³/mol. The first-order chi connectivity index (χ1) is 9.28. The number of fused-ring (bicyclic) bond motifs is 2. The minimum atomic E-state index is -0.130. The Morgan fingerprint density at radius 2 is 1.89 bits per heavy atom. The molecule has 0 fully saturated rings. The highest BCUT2D eigenvalue weighted by Gasteiger charge is 2.21. The van der Waals surface area contributed by atoms with Gasteiger partial charge >= 0.3 is 0 Å². The second-order valence-corrected chi connectivity index (χ2v) is 5.65. The summed E-state index contributed by atoms with van der Waals surface area (Å²) >= 11 is 4.37. The first-order valence-corrected chi connectivity index (χ1v) is 7.37. The van der Waals surface area contributed by atoms with Crippen molar-refractivity contribution in [2.24, 2.45) is 0 Å². The van der Waals surface area contributed by atoms with Gasteiger partial charge in [0.1, 0.15) is 5.82 Å². The van der Waals surface area contributed by atoms with Gasteiger partial charge in [-0.25, -0.2) is 4.39 Å². The molecule has 0 nitrogen and oxygen atoms in total. The van der Waals surface area contributed by atoms with E-state index in [4.69, 9.17) is 0 Å². The lowest BCUT2D eigenvalue weighted by Crippen LogP contribution is -2.04. The average Bonchev–Trinajstić information content (AvgIpc) is 2.56. The fourth-order valence-electron chi connectivity index (χ4n) is 3.04. The fraction of sp³-hybridized carbons (Fsp3) is 0.294. The van der Waals surface area contributed by atoms with E-state index in [1.54, 1.807) is 12.1 Å². The van der Waals surface area contributed by atoms with Crippen LogP contribution >= 0.6 is 12.6 Å². The zero-order chi connectivity index (χ0) is 13.2. The van der Waals surface area contributed by atoms with E-state index in [-0.39, 0.29) is 5.82 Å². The number of hydrogen-bond acceptors (Lipinski definition) is 1. The molecule has 0 bridgehead atoms. The van der Waals surface area contributed by atoms with Gasteiger partial charge in [-0.15, -0.1) is 0 Å². The molecule has 1 atom stereocenters. The third-order valence-electron chi connectivity index (χ3n) is 3.99. The fourth-order valence-corrected chi connectivity index (χ4v) is 3.36. The number of thiol groups is 1. The molecule has 0 N–H and O–H groups in total. The molecule has 98 valence electrons. The summed E-state index contributed by atoms with van der Waals surface area (Å²) in [7, 11) is 0. The summed E-state index contributed by atoms with van der Waals surface area (Å²) in [5, 5.41) is 0. The van der Waals surface area contributed by atoms with Crippen LogP contribution in [0.25, 0.3) is 0 Å². The highest BCUT2D eigenvalue weighted by molar-refractivity contribution is 7.80. The summed E-state index contributed by atoms with van der Waals surface area (Å²) in [4.78, 5) is 0. The van der Waals surface area contributed by atoms with Crippen LogP contribution in [0.4, 0.5) is 4.39 Å². The van der Waals surface area contributed by atoms with Crippen LogP contribution in [0.2, 0.25) is 0 Å². The van der Waals surface area contributed by atoms with E-state index in [2.05, 4.69) is 36.9 Å². The van der Waals surface area contributed by atoms with Crippen molar-refractivity contribution in [3.8, 4) is 0 Å². The SMILES string of the molecule is Fc1ccc2c(c1)C[C@H](CCS)c1ccccc1C2. The monoisotopic (exact) mass is 272 g/mol. The molecule has 0 radical (unpaired) electrons. The van der Waals surface area contributed by atoms with E-state index in [1.165, 1.54) is 16.7 Å². The second-order valence-electron chi connectivity index (χ2n) is 5.20. The van der Waals surface area contributed by atoms with Crippen molar-refractivity contribution in [3.63, 3.8) is 0 Å². The Morgan fingerprint density at radius 1 is 1.05 bits per heavy atom. The molecule has 0 heterocycles. The van der Waals surface area contributed by atoms with Gasteiger partial charge in [-0.1, -0.05) is 30.3 Å². The van der Waals surface area contributed by atoms with Gasteiger partial charge < -0.3 is 0 Å². The molecule has 19 heavy (non-hydrogen) atoms. The Balaban J connectivity index is 2.09. The van der Waals surface area contributed by atoms with Crippen LogP contribution < -0.4 is 0 Å². The Hall–Kier alpha value is -1.28. The van der Waals surface area contributed by atoms with Gasteiger partial charge in [-0.3, -0.25) is 0 Å². The summed E-state index contributed by atoms with van der Waals surface area (Å²) in [6, 6.07) is 13.8. The lowest BCUT2D eigenvalue weighted by Gasteiger charge is -2.16. The molecule has 0 amide bonds. The molecule has 2 aromatic carbocycles. The normalized spacial score (nSPS) is 17.5. The molecule has 0 spiro atoms. The van der Waals surface area contributed by atoms with Crippen molar-refractivity contribution < 1.29 is 4.39 Å². The third-order valence-corrected chi connectivity index (χ3v) is 4.25. The molecule has 0 aliphatic heterocycles. The highest BCUT2D eigenvalue weighted by Crippen LogP contribution is 2.34. The van der Waals surface area contributed by atoms with Crippen LogP contribution in [0.1, 0.15) is 34.6 Å². The number of hydrogen-bond donors (Lipinski definition) is 1. The summed E-state index contributed by atoms with van der Waals surface area (Å²) in [5.41, 5.74) is 5.20. The minimum absolute atomic E-state index is 0.130. The van der Waals surface area contributed by atoms with E-state index >= 15 is 0 Å². The van der Waals surface area contributed by atoms with Crippen LogP contribution in [0, 0.1) is 5.82 Å². The minimum Gasteiger partial charge on any atom is -0.207 e. The van der Waals surface area contributed by atoms with E-state index in [0.29, 0.717) is 5.92 Å². The summed E-state index contributed by atoms with van der Waals surface area (Å²) in [5.74, 6) is 1.19. The summed E-state index contributed by atoms with van der Waals surface area (Å²) in [6.45, 7) is 0. The van der Waals surface area contributed by atoms with Crippen molar-refractivity contribution in [2.75, 3.05) is 5.75 Å². The van der Waals surface area contributed by atoms with Crippen LogP contribution in [0.5, 0.6) is 0 Å². The van der Waals surface area contributed by atoms with Crippen LogP contribution in [0.3, 0.4) is 0 Å². The second kappa shape index (κ2) is 5.38. The maximum absolute atomic E-state index is 13.5. The van der Waals surface area contributed by atoms with Gasteiger partial charge in [0, 0.05) is 0 Å². The molecule has 2 aromatic rings. The number of benzene rings is 2. The lowest BCUT2D eigenvalue weighted by atomic mass is 9.89. The van der Waals surface area contributed by atoms with Crippen molar-refractivity contribution in [1.82, 2.24) is 0 Å². The predicted octanol–water partition coefficient (Wildman–Crippen LogP) is 4.38. The Morgan fingerprint density at radius 3 is 2.74 bits per heavy atom. The molecular formula is C17H17FS. The molecule has 0 aromatic heterocycles. The van der Waals surface area contributed by atoms with Crippen molar-refractivity contribution in [2.45, 2.75) is 25.2 Å². The first-order valence-electron chi connectivity index (χ1n) is 6.74. The highest BCUT2D eigenvalue weighted by atomic mass is 32.1. The topological polar surface area (TPSA) is 0 Å². The smallest absolute Gasteiger partial charge is 0.123 e. The van der Waals surface area contributed by atoms with Crippen LogP contribution in [-0.2, 0) is 12.8 Å². The molecule has 2 heteroatoms. The molecule has 1 aliphatic rings. The largest absolute Gasteiger partial charge is 0.207 e.